The highest BCUT2D eigenvalue weighted by Crippen LogP contribution is 2.38. The molecule has 1 amide bonds. The third-order valence-electron chi connectivity index (χ3n) is 3.55. The summed E-state index contributed by atoms with van der Waals surface area (Å²) in [7, 11) is 0. The van der Waals surface area contributed by atoms with E-state index in [1.165, 1.54) is 12.1 Å². The molecular formula is C18H11Cl3N4OS. The number of hydrogen-bond acceptors (Lipinski definition) is 5. The van der Waals surface area contributed by atoms with Crippen molar-refractivity contribution in [2.45, 2.75) is 0 Å². The lowest BCUT2D eigenvalue weighted by atomic mass is 10.2. The average molecular weight is 438 g/mol. The maximum atomic E-state index is 12.7. The quantitative estimate of drug-likeness (QED) is 0.426. The second-order valence-electron chi connectivity index (χ2n) is 5.35. The van der Waals surface area contributed by atoms with Gasteiger partial charge in [-0.25, -0.2) is 0 Å². The minimum absolute atomic E-state index is 0.0922. The van der Waals surface area contributed by atoms with E-state index in [1.54, 1.807) is 0 Å². The smallest absolute Gasteiger partial charge is 0.268 e. The number of nitriles is 1. The first kappa shape index (κ1) is 19.3. The maximum absolute atomic E-state index is 12.7. The molecule has 0 atom stereocenters. The van der Waals surface area contributed by atoms with E-state index >= 15 is 0 Å². The monoisotopic (exact) mass is 436 g/mol. The zero-order chi connectivity index (χ0) is 19.6. The van der Waals surface area contributed by atoms with Crippen molar-refractivity contribution in [3.63, 3.8) is 0 Å². The minimum atomic E-state index is -0.504. The Balaban J connectivity index is 1.92. The minimum Gasteiger partial charge on any atom is -0.396 e. The summed E-state index contributed by atoms with van der Waals surface area (Å²) >= 11 is 19.0. The molecule has 1 aromatic heterocycles. The lowest BCUT2D eigenvalue weighted by molar-refractivity contribution is 0.103. The molecule has 0 saturated carbocycles. The zero-order valence-corrected chi connectivity index (χ0v) is 16.6. The molecule has 5 nitrogen and oxygen atoms in total. The van der Waals surface area contributed by atoms with Crippen LogP contribution in [0.1, 0.15) is 15.2 Å². The number of carbonyl (C=O) groups excluding carboxylic acids is 1. The number of nitrogens with zero attached hydrogens (tertiary/aromatic N) is 1. The van der Waals surface area contributed by atoms with Crippen molar-refractivity contribution in [3.8, 4) is 6.07 Å². The highest BCUT2D eigenvalue weighted by atomic mass is 35.5. The average Bonchev–Trinajstić information content (AvgIpc) is 2.96. The SMILES string of the molecule is N#Cc1c(Nc2ccccc2)sc(C(=O)Nc2cc(Cl)c(Cl)cc2Cl)c1N. The summed E-state index contributed by atoms with van der Waals surface area (Å²) in [5.74, 6) is -0.504. The van der Waals surface area contributed by atoms with Crippen molar-refractivity contribution in [3.05, 3.63) is 68.0 Å². The van der Waals surface area contributed by atoms with Crippen LogP contribution in [0.4, 0.5) is 22.1 Å². The lowest BCUT2D eigenvalue weighted by Crippen LogP contribution is -2.12. The number of rotatable bonds is 4. The van der Waals surface area contributed by atoms with Crippen LogP contribution in [0.5, 0.6) is 0 Å². The summed E-state index contributed by atoms with van der Waals surface area (Å²) in [6.45, 7) is 0. The molecule has 4 N–H and O–H groups in total. The van der Waals surface area contributed by atoms with Crippen molar-refractivity contribution in [1.82, 2.24) is 0 Å². The topological polar surface area (TPSA) is 90.9 Å². The first-order valence-corrected chi connectivity index (χ1v) is 9.46. The van der Waals surface area contributed by atoms with E-state index < -0.39 is 5.91 Å². The summed E-state index contributed by atoms with van der Waals surface area (Å²) in [4.78, 5) is 12.9. The fraction of sp³-hybridized carbons (Fsp3) is 0. The molecule has 0 spiro atoms. The second-order valence-corrected chi connectivity index (χ2v) is 7.59. The Kier molecular flexibility index (Phi) is 5.78. The largest absolute Gasteiger partial charge is 0.396 e. The Hall–Kier alpha value is -2.43. The van der Waals surface area contributed by atoms with Crippen LogP contribution in [0.2, 0.25) is 15.1 Å². The molecule has 0 aliphatic heterocycles. The molecule has 27 heavy (non-hydrogen) atoms. The van der Waals surface area contributed by atoms with Gasteiger partial charge in [-0.15, -0.1) is 11.3 Å². The highest BCUT2D eigenvalue weighted by Gasteiger charge is 2.22. The summed E-state index contributed by atoms with van der Waals surface area (Å²) in [6, 6.07) is 14.2. The number of anilines is 4. The number of nitrogens with two attached hydrogens (primary N) is 1. The van der Waals surface area contributed by atoms with Gasteiger partial charge in [0.1, 0.15) is 21.5 Å². The number of amides is 1. The Morgan fingerprint density at radius 2 is 1.74 bits per heavy atom. The van der Waals surface area contributed by atoms with Gasteiger partial charge in [0.15, 0.2) is 0 Å². The molecule has 9 heteroatoms. The van der Waals surface area contributed by atoms with Crippen molar-refractivity contribution in [2.24, 2.45) is 0 Å². The predicted molar refractivity (Wildman–Crippen MR) is 113 cm³/mol. The summed E-state index contributed by atoms with van der Waals surface area (Å²) in [5, 5.41) is 16.4. The van der Waals surface area contributed by atoms with Crippen LogP contribution in [0.25, 0.3) is 0 Å². The van der Waals surface area contributed by atoms with E-state index in [1.807, 2.05) is 36.4 Å². The Bertz CT molecular complexity index is 1060. The van der Waals surface area contributed by atoms with Crippen molar-refractivity contribution >= 4 is 74.1 Å². The van der Waals surface area contributed by atoms with E-state index in [-0.39, 0.29) is 31.2 Å². The predicted octanol–water partition coefficient (Wildman–Crippen LogP) is 6.16. The molecule has 3 rings (SSSR count). The number of benzene rings is 2. The number of halogens is 3. The summed E-state index contributed by atoms with van der Waals surface area (Å²) in [6.07, 6.45) is 0. The Labute approximate surface area is 174 Å². The van der Waals surface area contributed by atoms with Gasteiger partial charge in [0.05, 0.1) is 26.4 Å². The lowest BCUT2D eigenvalue weighted by Gasteiger charge is -2.08. The van der Waals surface area contributed by atoms with Crippen molar-refractivity contribution in [1.29, 1.82) is 5.26 Å². The molecule has 0 aliphatic carbocycles. The molecule has 2 aromatic carbocycles. The number of nitrogen functional groups attached to an aromatic ring is 1. The van der Waals surface area contributed by atoms with Gasteiger partial charge in [-0.05, 0) is 24.3 Å². The molecule has 136 valence electrons. The van der Waals surface area contributed by atoms with Crippen LogP contribution in [0.15, 0.2) is 42.5 Å². The van der Waals surface area contributed by atoms with Crippen LogP contribution in [-0.2, 0) is 0 Å². The normalized spacial score (nSPS) is 10.3. The van der Waals surface area contributed by atoms with Crippen LogP contribution in [-0.4, -0.2) is 5.91 Å². The van der Waals surface area contributed by atoms with Gasteiger partial charge >= 0.3 is 0 Å². The van der Waals surface area contributed by atoms with E-state index in [0.29, 0.717) is 10.7 Å². The molecule has 0 bridgehead atoms. The fourth-order valence-electron chi connectivity index (χ4n) is 2.26. The van der Waals surface area contributed by atoms with Gasteiger partial charge < -0.3 is 16.4 Å². The van der Waals surface area contributed by atoms with Crippen molar-refractivity contribution in [2.75, 3.05) is 16.4 Å². The summed E-state index contributed by atoms with van der Waals surface area (Å²) in [5.41, 5.74) is 7.38. The molecule has 0 unspecified atom stereocenters. The fourth-order valence-corrected chi connectivity index (χ4v) is 3.84. The molecule has 0 aliphatic rings. The number of para-hydroxylation sites is 1. The van der Waals surface area contributed by atoms with Gasteiger partial charge in [0.25, 0.3) is 5.91 Å². The molecular weight excluding hydrogens is 427 g/mol. The molecule has 3 aromatic rings. The van der Waals surface area contributed by atoms with Gasteiger partial charge in [-0.2, -0.15) is 5.26 Å². The molecule has 0 saturated heterocycles. The van der Waals surface area contributed by atoms with Gasteiger partial charge in [-0.1, -0.05) is 53.0 Å². The third kappa shape index (κ3) is 4.12. The van der Waals surface area contributed by atoms with E-state index in [2.05, 4.69) is 10.6 Å². The standard InChI is InChI=1S/C18H11Cl3N4OS/c19-11-6-13(21)14(7-12(11)20)25-17(26)16-15(23)10(8-22)18(27-16)24-9-4-2-1-3-5-9/h1-7,24H,23H2,(H,25,26). The van der Waals surface area contributed by atoms with Crippen LogP contribution < -0.4 is 16.4 Å². The highest BCUT2D eigenvalue weighted by molar-refractivity contribution is 7.19. The van der Waals surface area contributed by atoms with Crippen LogP contribution >= 0.6 is 46.1 Å². The van der Waals surface area contributed by atoms with E-state index in [4.69, 9.17) is 40.5 Å². The van der Waals surface area contributed by atoms with Gasteiger partial charge in [0.2, 0.25) is 0 Å². The summed E-state index contributed by atoms with van der Waals surface area (Å²) < 4.78 is 0. The molecule has 0 radical (unpaired) electrons. The first-order valence-electron chi connectivity index (χ1n) is 7.51. The van der Waals surface area contributed by atoms with Gasteiger partial charge in [0, 0.05) is 5.69 Å². The molecule has 1 heterocycles. The first-order chi connectivity index (χ1) is 12.9. The number of carbonyl (C=O) groups is 1. The second kappa shape index (κ2) is 8.07. The van der Waals surface area contributed by atoms with Crippen molar-refractivity contribution < 1.29 is 4.79 Å². The Morgan fingerprint density at radius 3 is 2.41 bits per heavy atom. The maximum Gasteiger partial charge on any atom is 0.268 e. The number of nitrogens with one attached hydrogen (secondary N) is 2. The van der Waals surface area contributed by atoms with Crippen LogP contribution in [0, 0.1) is 11.3 Å². The number of hydrogen-bond donors (Lipinski definition) is 3. The third-order valence-corrected chi connectivity index (χ3v) is 5.71. The molecule has 0 fully saturated rings. The van der Waals surface area contributed by atoms with E-state index in [9.17, 15) is 10.1 Å². The Morgan fingerprint density at radius 1 is 1.07 bits per heavy atom. The van der Waals surface area contributed by atoms with Gasteiger partial charge in [-0.3, -0.25) is 4.79 Å². The van der Waals surface area contributed by atoms with E-state index in [0.717, 1.165) is 17.0 Å². The number of thiophene rings is 1. The zero-order valence-electron chi connectivity index (χ0n) is 13.5. The van der Waals surface area contributed by atoms with Crippen LogP contribution in [0.3, 0.4) is 0 Å².